The highest BCUT2D eigenvalue weighted by Crippen LogP contribution is 2.26. The fourth-order valence-corrected chi connectivity index (χ4v) is 1.86. The second kappa shape index (κ2) is 6.72. The normalized spacial score (nSPS) is 10.3. The number of anilines is 1. The minimum Gasteiger partial charge on any atom is -0.497 e. The van der Waals surface area contributed by atoms with E-state index in [9.17, 15) is 4.79 Å². The first-order chi connectivity index (χ1) is 9.74. The van der Waals surface area contributed by atoms with Crippen molar-refractivity contribution in [2.45, 2.75) is 6.42 Å². The topological polar surface area (TPSA) is 93.0 Å². The van der Waals surface area contributed by atoms with Crippen molar-refractivity contribution in [1.82, 2.24) is 9.97 Å². The highest BCUT2D eigenvalue weighted by molar-refractivity contribution is 5.74. The Labute approximate surface area is 117 Å². The molecule has 6 heteroatoms. The van der Waals surface area contributed by atoms with Gasteiger partial charge in [0.2, 0.25) is 0 Å². The lowest BCUT2D eigenvalue weighted by Crippen LogP contribution is -2.15. The molecule has 6 nitrogen and oxygen atoms in total. The van der Waals surface area contributed by atoms with Gasteiger partial charge in [-0.25, -0.2) is 4.79 Å². The van der Waals surface area contributed by atoms with E-state index >= 15 is 0 Å². The van der Waals surface area contributed by atoms with E-state index in [1.165, 1.54) is 6.20 Å². The van der Waals surface area contributed by atoms with E-state index in [0.29, 0.717) is 12.2 Å². The summed E-state index contributed by atoms with van der Waals surface area (Å²) in [6.07, 6.45) is 2.38. The van der Waals surface area contributed by atoms with Crippen molar-refractivity contribution < 1.29 is 4.74 Å². The summed E-state index contributed by atoms with van der Waals surface area (Å²) in [5.74, 6) is 0.730. The van der Waals surface area contributed by atoms with Gasteiger partial charge >= 0.3 is 5.69 Å². The number of nitrogens with two attached hydrogens (primary N) is 1. The monoisotopic (exact) mass is 274 g/mol. The Bertz CT molecular complexity index is 625. The van der Waals surface area contributed by atoms with Gasteiger partial charge in [0.15, 0.2) is 0 Å². The van der Waals surface area contributed by atoms with Crippen molar-refractivity contribution in [2.24, 2.45) is 5.73 Å². The standard InChI is InChI=1S/C14H18N4O2/c1-20-11-5-2-4-10(8-11)13-12(16-7-3-6-15)9-17-14(19)18-13/h2,4-5,8-9,16H,3,6-7,15H2,1H3,(H,17,18,19). The number of ether oxygens (including phenoxy) is 1. The number of hydrogen-bond acceptors (Lipinski definition) is 5. The Morgan fingerprint density at radius 2 is 2.30 bits per heavy atom. The molecule has 106 valence electrons. The van der Waals surface area contributed by atoms with Crippen LogP contribution in [0.15, 0.2) is 35.3 Å². The first kappa shape index (κ1) is 14.1. The largest absolute Gasteiger partial charge is 0.497 e. The van der Waals surface area contributed by atoms with Gasteiger partial charge in [-0.05, 0) is 25.1 Å². The molecule has 0 aliphatic heterocycles. The summed E-state index contributed by atoms with van der Waals surface area (Å²) < 4.78 is 5.20. The lowest BCUT2D eigenvalue weighted by atomic mass is 10.1. The van der Waals surface area contributed by atoms with Crippen LogP contribution in [0.2, 0.25) is 0 Å². The van der Waals surface area contributed by atoms with Gasteiger partial charge < -0.3 is 20.8 Å². The fraction of sp³-hybridized carbons (Fsp3) is 0.286. The number of nitrogens with one attached hydrogen (secondary N) is 2. The summed E-state index contributed by atoms with van der Waals surface area (Å²) in [5.41, 5.74) is 7.42. The van der Waals surface area contributed by atoms with Crippen LogP contribution < -0.4 is 21.5 Å². The first-order valence-corrected chi connectivity index (χ1v) is 6.42. The average Bonchev–Trinajstić information content (AvgIpc) is 2.49. The zero-order valence-electron chi connectivity index (χ0n) is 11.3. The summed E-state index contributed by atoms with van der Waals surface area (Å²) >= 11 is 0. The molecule has 0 unspecified atom stereocenters. The lowest BCUT2D eigenvalue weighted by molar-refractivity contribution is 0.415. The first-order valence-electron chi connectivity index (χ1n) is 6.42. The second-order valence-electron chi connectivity index (χ2n) is 4.28. The van der Waals surface area contributed by atoms with Gasteiger partial charge in [0.1, 0.15) is 5.75 Å². The molecule has 0 bridgehead atoms. The number of H-pyrrole nitrogens is 1. The molecular formula is C14H18N4O2. The highest BCUT2D eigenvalue weighted by Gasteiger charge is 2.07. The molecule has 1 aromatic carbocycles. The van der Waals surface area contributed by atoms with E-state index in [1.807, 2.05) is 24.3 Å². The second-order valence-corrected chi connectivity index (χ2v) is 4.28. The maximum atomic E-state index is 11.5. The summed E-state index contributed by atoms with van der Waals surface area (Å²) in [6, 6.07) is 7.49. The van der Waals surface area contributed by atoms with E-state index in [4.69, 9.17) is 10.5 Å². The molecule has 0 aliphatic rings. The molecule has 20 heavy (non-hydrogen) atoms. The van der Waals surface area contributed by atoms with Crippen LogP contribution in [-0.2, 0) is 0 Å². The van der Waals surface area contributed by atoms with Crippen LogP contribution in [0.1, 0.15) is 6.42 Å². The van der Waals surface area contributed by atoms with Gasteiger partial charge in [0, 0.05) is 12.1 Å². The van der Waals surface area contributed by atoms with Crippen molar-refractivity contribution in [1.29, 1.82) is 0 Å². The Kier molecular flexibility index (Phi) is 4.73. The number of rotatable bonds is 6. The molecule has 0 spiro atoms. The molecule has 1 aromatic heterocycles. The Hall–Kier alpha value is -2.34. The molecular weight excluding hydrogens is 256 g/mol. The lowest BCUT2D eigenvalue weighted by Gasteiger charge is -2.11. The van der Waals surface area contributed by atoms with Crippen LogP contribution in [0.25, 0.3) is 11.3 Å². The van der Waals surface area contributed by atoms with E-state index in [-0.39, 0.29) is 5.69 Å². The van der Waals surface area contributed by atoms with Crippen LogP contribution in [-0.4, -0.2) is 30.2 Å². The number of aromatic nitrogens is 2. The predicted octanol–water partition coefficient (Wildman–Crippen LogP) is 1.21. The van der Waals surface area contributed by atoms with Gasteiger partial charge in [0.25, 0.3) is 0 Å². The van der Waals surface area contributed by atoms with Gasteiger partial charge in [-0.15, -0.1) is 0 Å². The van der Waals surface area contributed by atoms with E-state index in [0.717, 1.165) is 30.0 Å². The molecule has 0 saturated carbocycles. The SMILES string of the molecule is COc1cccc(-c2[nH]c(=O)ncc2NCCCN)c1. The van der Waals surface area contributed by atoms with Crippen molar-refractivity contribution in [3.05, 3.63) is 40.9 Å². The fourth-order valence-electron chi connectivity index (χ4n) is 1.86. The molecule has 0 saturated heterocycles. The predicted molar refractivity (Wildman–Crippen MR) is 79.0 cm³/mol. The van der Waals surface area contributed by atoms with Gasteiger partial charge in [-0.1, -0.05) is 12.1 Å². The summed E-state index contributed by atoms with van der Waals surface area (Å²) in [7, 11) is 1.61. The van der Waals surface area contributed by atoms with E-state index in [2.05, 4.69) is 15.3 Å². The minimum atomic E-state index is -0.382. The van der Waals surface area contributed by atoms with Crippen LogP contribution in [0.5, 0.6) is 5.75 Å². The quantitative estimate of drug-likeness (QED) is 0.688. The molecule has 0 atom stereocenters. The highest BCUT2D eigenvalue weighted by atomic mass is 16.5. The average molecular weight is 274 g/mol. The summed E-state index contributed by atoms with van der Waals surface area (Å²) in [6.45, 7) is 1.33. The van der Waals surface area contributed by atoms with Crippen LogP contribution in [0.3, 0.4) is 0 Å². The summed E-state index contributed by atoms with van der Waals surface area (Å²) in [4.78, 5) is 18.0. The van der Waals surface area contributed by atoms with Crippen molar-refractivity contribution in [2.75, 3.05) is 25.5 Å². The number of benzene rings is 1. The van der Waals surface area contributed by atoms with Gasteiger partial charge in [-0.3, -0.25) is 0 Å². The number of aromatic amines is 1. The maximum Gasteiger partial charge on any atom is 0.345 e. The number of methoxy groups -OCH3 is 1. The van der Waals surface area contributed by atoms with E-state index in [1.54, 1.807) is 7.11 Å². The Balaban J connectivity index is 2.37. The molecule has 2 aromatic rings. The van der Waals surface area contributed by atoms with Crippen molar-refractivity contribution >= 4 is 5.69 Å². The third-order valence-electron chi connectivity index (χ3n) is 2.87. The third-order valence-corrected chi connectivity index (χ3v) is 2.87. The smallest absolute Gasteiger partial charge is 0.345 e. The number of nitrogens with zero attached hydrogens (tertiary/aromatic N) is 1. The molecule has 1 heterocycles. The van der Waals surface area contributed by atoms with Crippen molar-refractivity contribution in [3.8, 4) is 17.0 Å². The molecule has 4 N–H and O–H groups in total. The molecule has 0 radical (unpaired) electrons. The molecule has 0 aliphatic carbocycles. The van der Waals surface area contributed by atoms with Gasteiger partial charge in [-0.2, -0.15) is 4.98 Å². The number of hydrogen-bond donors (Lipinski definition) is 3. The zero-order chi connectivity index (χ0) is 14.4. The molecule has 2 rings (SSSR count). The molecule has 0 amide bonds. The Morgan fingerprint density at radius 3 is 3.05 bits per heavy atom. The molecule has 0 fully saturated rings. The van der Waals surface area contributed by atoms with E-state index < -0.39 is 0 Å². The van der Waals surface area contributed by atoms with Crippen LogP contribution in [0.4, 0.5) is 5.69 Å². The van der Waals surface area contributed by atoms with Crippen LogP contribution >= 0.6 is 0 Å². The Morgan fingerprint density at radius 1 is 1.45 bits per heavy atom. The van der Waals surface area contributed by atoms with Crippen LogP contribution in [0, 0.1) is 0 Å². The zero-order valence-corrected chi connectivity index (χ0v) is 11.3. The van der Waals surface area contributed by atoms with Gasteiger partial charge in [0.05, 0.1) is 24.7 Å². The third kappa shape index (κ3) is 3.36. The van der Waals surface area contributed by atoms with Crippen molar-refractivity contribution in [3.63, 3.8) is 0 Å². The minimum absolute atomic E-state index is 0.382. The summed E-state index contributed by atoms with van der Waals surface area (Å²) in [5, 5.41) is 3.22. The maximum absolute atomic E-state index is 11.5.